The highest BCUT2D eigenvalue weighted by molar-refractivity contribution is 5.95. The van der Waals surface area contributed by atoms with Crippen molar-refractivity contribution in [3.8, 4) is 18.1 Å². The van der Waals surface area contributed by atoms with Crippen molar-refractivity contribution < 1.29 is 9.53 Å². The van der Waals surface area contributed by atoms with Crippen LogP contribution in [0, 0.1) is 12.3 Å². The van der Waals surface area contributed by atoms with E-state index in [4.69, 9.17) is 16.9 Å². The van der Waals surface area contributed by atoms with Gasteiger partial charge >= 0.3 is 0 Å². The average molecular weight is 232 g/mol. The molecule has 1 aromatic carbocycles. The molecule has 0 radical (unpaired) electrons. The molecule has 0 aliphatic carbocycles. The number of benzene rings is 1. The zero-order valence-corrected chi connectivity index (χ0v) is 10.1. The third-order valence-electron chi connectivity index (χ3n) is 2.43. The van der Waals surface area contributed by atoms with Gasteiger partial charge in [-0.3, -0.25) is 4.79 Å². The lowest BCUT2D eigenvalue weighted by atomic mass is 10.1. The summed E-state index contributed by atoms with van der Waals surface area (Å²) in [5, 5.41) is 0. The molecule has 2 N–H and O–H groups in total. The molecule has 1 rings (SSSR count). The van der Waals surface area contributed by atoms with Gasteiger partial charge in [-0.05, 0) is 25.1 Å². The molecule has 4 nitrogen and oxygen atoms in total. The van der Waals surface area contributed by atoms with E-state index >= 15 is 0 Å². The van der Waals surface area contributed by atoms with E-state index in [0.717, 1.165) is 0 Å². The van der Waals surface area contributed by atoms with Crippen LogP contribution in [0.25, 0.3) is 0 Å². The largest absolute Gasteiger partial charge is 0.495 e. The van der Waals surface area contributed by atoms with Crippen molar-refractivity contribution in [3.63, 3.8) is 0 Å². The summed E-state index contributed by atoms with van der Waals surface area (Å²) in [5.41, 5.74) is 6.70. The number of hydrogen-bond acceptors (Lipinski definition) is 3. The lowest BCUT2D eigenvalue weighted by Crippen LogP contribution is -2.31. The van der Waals surface area contributed by atoms with Gasteiger partial charge in [0.1, 0.15) is 5.75 Å². The molecule has 0 spiro atoms. The van der Waals surface area contributed by atoms with E-state index in [1.165, 1.54) is 7.11 Å². The normalized spacial score (nSPS) is 9.47. The lowest BCUT2D eigenvalue weighted by Gasteiger charge is -2.18. The standard InChI is InChI=1S/C13H16N2O2/c1-4-8-15(5-2)13(16)10-6-7-12(17-3)11(14)9-10/h1,6-7,9H,5,8,14H2,2-3H3. The van der Waals surface area contributed by atoms with Crippen LogP contribution in [0.5, 0.6) is 5.75 Å². The molecule has 90 valence electrons. The number of rotatable bonds is 4. The number of nitrogens with zero attached hydrogens (tertiary/aromatic N) is 1. The molecular formula is C13H16N2O2. The third-order valence-corrected chi connectivity index (χ3v) is 2.43. The zero-order valence-electron chi connectivity index (χ0n) is 10.1. The molecule has 0 aliphatic heterocycles. The first kappa shape index (κ1) is 12.9. The number of anilines is 1. The molecular weight excluding hydrogens is 216 g/mol. The highest BCUT2D eigenvalue weighted by atomic mass is 16.5. The van der Waals surface area contributed by atoms with Crippen LogP contribution in [-0.4, -0.2) is 31.0 Å². The van der Waals surface area contributed by atoms with Gasteiger partial charge in [0, 0.05) is 12.1 Å². The second-order valence-corrected chi connectivity index (χ2v) is 3.48. The molecule has 1 amide bonds. The van der Waals surface area contributed by atoms with Crippen LogP contribution in [0.1, 0.15) is 17.3 Å². The van der Waals surface area contributed by atoms with Crippen molar-refractivity contribution in [2.45, 2.75) is 6.92 Å². The summed E-state index contributed by atoms with van der Waals surface area (Å²) < 4.78 is 5.03. The van der Waals surface area contributed by atoms with Gasteiger partial charge in [-0.25, -0.2) is 0 Å². The maximum Gasteiger partial charge on any atom is 0.254 e. The first-order valence-corrected chi connectivity index (χ1v) is 5.30. The quantitative estimate of drug-likeness (QED) is 0.630. The Hall–Kier alpha value is -2.15. The molecule has 0 bridgehead atoms. The minimum absolute atomic E-state index is 0.125. The Morgan fingerprint density at radius 1 is 1.59 bits per heavy atom. The summed E-state index contributed by atoms with van der Waals surface area (Å²) in [4.78, 5) is 13.6. The van der Waals surface area contributed by atoms with Crippen LogP contribution in [0.3, 0.4) is 0 Å². The molecule has 0 unspecified atom stereocenters. The second kappa shape index (κ2) is 5.80. The van der Waals surface area contributed by atoms with E-state index in [9.17, 15) is 4.79 Å². The number of nitrogens with two attached hydrogens (primary N) is 1. The Morgan fingerprint density at radius 2 is 2.29 bits per heavy atom. The molecule has 4 heteroatoms. The average Bonchev–Trinajstić information content (AvgIpc) is 2.35. The maximum atomic E-state index is 12.1. The molecule has 17 heavy (non-hydrogen) atoms. The smallest absolute Gasteiger partial charge is 0.254 e. The van der Waals surface area contributed by atoms with Crippen molar-refractivity contribution in [1.29, 1.82) is 0 Å². The SMILES string of the molecule is C#CCN(CC)C(=O)c1ccc(OC)c(N)c1. The van der Waals surface area contributed by atoms with Gasteiger partial charge in [-0.1, -0.05) is 5.92 Å². The van der Waals surface area contributed by atoms with Crippen molar-refractivity contribution in [1.82, 2.24) is 4.90 Å². The van der Waals surface area contributed by atoms with E-state index in [0.29, 0.717) is 30.1 Å². The second-order valence-electron chi connectivity index (χ2n) is 3.48. The van der Waals surface area contributed by atoms with Crippen LogP contribution in [-0.2, 0) is 0 Å². The summed E-state index contributed by atoms with van der Waals surface area (Å²) in [6, 6.07) is 4.95. The fraction of sp³-hybridized carbons (Fsp3) is 0.308. The number of nitrogen functional groups attached to an aromatic ring is 1. The molecule has 0 saturated carbocycles. The van der Waals surface area contributed by atoms with Gasteiger partial charge in [-0.2, -0.15) is 0 Å². The van der Waals surface area contributed by atoms with Crippen molar-refractivity contribution in [3.05, 3.63) is 23.8 Å². The van der Waals surface area contributed by atoms with Crippen molar-refractivity contribution in [2.24, 2.45) is 0 Å². The summed E-state index contributed by atoms with van der Waals surface area (Å²) in [5.74, 6) is 2.89. The molecule has 0 heterocycles. The topological polar surface area (TPSA) is 55.6 Å². The summed E-state index contributed by atoms with van der Waals surface area (Å²) in [6.45, 7) is 2.73. The van der Waals surface area contributed by atoms with Gasteiger partial charge in [0.15, 0.2) is 0 Å². The fourth-order valence-corrected chi connectivity index (χ4v) is 1.49. The van der Waals surface area contributed by atoms with Crippen molar-refractivity contribution in [2.75, 3.05) is 25.9 Å². The van der Waals surface area contributed by atoms with Gasteiger partial charge in [-0.15, -0.1) is 6.42 Å². The molecule has 0 aliphatic rings. The number of methoxy groups -OCH3 is 1. The number of carbonyl (C=O) groups excluding carboxylic acids is 1. The summed E-state index contributed by atoms with van der Waals surface area (Å²) >= 11 is 0. The minimum atomic E-state index is -0.125. The predicted octanol–water partition coefficient (Wildman–Crippen LogP) is 1.37. The van der Waals surface area contributed by atoms with E-state index < -0.39 is 0 Å². The zero-order chi connectivity index (χ0) is 12.8. The van der Waals surface area contributed by atoms with Crippen LogP contribution < -0.4 is 10.5 Å². The van der Waals surface area contributed by atoms with E-state index in [1.54, 1.807) is 23.1 Å². The van der Waals surface area contributed by atoms with E-state index in [2.05, 4.69) is 5.92 Å². The maximum absolute atomic E-state index is 12.1. The van der Waals surface area contributed by atoms with E-state index in [-0.39, 0.29) is 5.91 Å². The van der Waals surface area contributed by atoms with Crippen LogP contribution in [0.15, 0.2) is 18.2 Å². The van der Waals surface area contributed by atoms with Gasteiger partial charge in [0.25, 0.3) is 5.91 Å². The monoisotopic (exact) mass is 232 g/mol. The van der Waals surface area contributed by atoms with Gasteiger partial charge in [0.2, 0.25) is 0 Å². The number of ether oxygens (including phenoxy) is 1. The Morgan fingerprint density at radius 3 is 2.76 bits per heavy atom. The van der Waals surface area contributed by atoms with E-state index in [1.807, 2.05) is 6.92 Å². The van der Waals surface area contributed by atoms with Crippen molar-refractivity contribution >= 4 is 11.6 Å². The number of hydrogen-bond donors (Lipinski definition) is 1. The first-order chi connectivity index (χ1) is 8.13. The number of terminal acetylenes is 1. The lowest BCUT2D eigenvalue weighted by molar-refractivity contribution is 0.0785. The molecule has 0 fully saturated rings. The Bertz CT molecular complexity index is 449. The Kier molecular flexibility index (Phi) is 4.41. The van der Waals surface area contributed by atoms with Gasteiger partial charge < -0.3 is 15.4 Å². The first-order valence-electron chi connectivity index (χ1n) is 5.30. The Labute approximate surface area is 101 Å². The number of carbonyl (C=O) groups is 1. The molecule has 0 saturated heterocycles. The van der Waals surface area contributed by atoms with Crippen LogP contribution >= 0.6 is 0 Å². The summed E-state index contributed by atoms with van der Waals surface area (Å²) in [6.07, 6.45) is 5.21. The summed E-state index contributed by atoms with van der Waals surface area (Å²) in [7, 11) is 1.53. The number of amides is 1. The molecule has 1 aromatic rings. The minimum Gasteiger partial charge on any atom is -0.495 e. The predicted molar refractivity (Wildman–Crippen MR) is 67.8 cm³/mol. The van der Waals surface area contributed by atoms with Gasteiger partial charge in [0.05, 0.1) is 19.3 Å². The van der Waals surface area contributed by atoms with Crippen LogP contribution in [0.2, 0.25) is 0 Å². The fourth-order valence-electron chi connectivity index (χ4n) is 1.49. The van der Waals surface area contributed by atoms with Crippen LogP contribution in [0.4, 0.5) is 5.69 Å². The molecule has 0 aromatic heterocycles. The molecule has 0 atom stereocenters. The highest BCUT2D eigenvalue weighted by Gasteiger charge is 2.14. The third kappa shape index (κ3) is 2.91. The highest BCUT2D eigenvalue weighted by Crippen LogP contribution is 2.22. The Balaban J connectivity index is 2.97.